The van der Waals surface area contributed by atoms with E-state index in [0.717, 1.165) is 11.3 Å². The van der Waals surface area contributed by atoms with Crippen LogP contribution in [0.5, 0.6) is 5.75 Å². The summed E-state index contributed by atoms with van der Waals surface area (Å²) in [6.45, 7) is 0. The molecule has 0 atom stereocenters. The quantitative estimate of drug-likeness (QED) is 0.493. The normalized spacial score (nSPS) is 10.2. The lowest BCUT2D eigenvalue weighted by Crippen LogP contribution is -2.42. The molecule has 3 amide bonds. The van der Waals surface area contributed by atoms with Gasteiger partial charge in [-0.2, -0.15) is 0 Å². The third kappa shape index (κ3) is 4.70. The van der Waals surface area contributed by atoms with E-state index in [0.29, 0.717) is 10.8 Å². The maximum atomic E-state index is 11.9. The molecule has 2 heterocycles. The highest BCUT2D eigenvalue weighted by atomic mass is 32.1. The molecule has 3 rings (SSSR count). The van der Waals surface area contributed by atoms with Gasteiger partial charge in [-0.05, 0) is 24.3 Å². The zero-order valence-corrected chi connectivity index (χ0v) is 14.6. The summed E-state index contributed by atoms with van der Waals surface area (Å²) in [6.07, 6.45) is 1.28. The van der Waals surface area contributed by atoms with E-state index in [4.69, 9.17) is 4.42 Å². The average molecular weight is 386 g/mol. The van der Waals surface area contributed by atoms with Crippen LogP contribution >= 0.6 is 11.3 Å². The summed E-state index contributed by atoms with van der Waals surface area (Å²) in [5.74, 6) is -1.64. The second kappa shape index (κ2) is 8.15. The Labute approximate surface area is 157 Å². The van der Waals surface area contributed by atoms with E-state index >= 15 is 0 Å². The first-order chi connectivity index (χ1) is 13.0. The minimum Gasteiger partial charge on any atom is -0.507 e. The van der Waals surface area contributed by atoms with Crippen molar-refractivity contribution >= 4 is 34.2 Å². The third-order valence-electron chi connectivity index (χ3n) is 3.32. The molecule has 0 aliphatic heterocycles. The Morgan fingerprint density at radius 3 is 2.63 bits per heavy atom. The van der Waals surface area contributed by atoms with Crippen LogP contribution in [0.1, 0.15) is 26.6 Å². The molecule has 0 spiro atoms. The monoisotopic (exact) mass is 386 g/mol. The van der Waals surface area contributed by atoms with Gasteiger partial charge in [0.05, 0.1) is 23.9 Å². The van der Waals surface area contributed by atoms with Crippen molar-refractivity contribution < 1.29 is 23.9 Å². The zero-order chi connectivity index (χ0) is 19.2. The largest absolute Gasteiger partial charge is 0.507 e. The standard InChI is InChI=1S/C17H14N4O5S/c22-12-5-2-1-4-11(12)15(24)21-20-14(23)8-10-9-27-17(18-10)19-16(25)13-6-3-7-26-13/h1-7,9,22H,8H2,(H,20,23)(H,21,24)(H,18,19,25). The van der Waals surface area contributed by atoms with Crippen molar-refractivity contribution in [2.75, 3.05) is 5.32 Å². The number of carbonyl (C=O) groups is 3. The second-order valence-corrected chi connectivity index (χ2v) is 6.13. The molecule has 10 heteroatoms. The van der Waals surface area contributed by atoms with Crippen LogP contribution in [0.4, 0.5) is 5.13 Å². The average Bonchev–Trinajstić information content (AvgIpc) is 3.32. The summed E-state index contributed by atoms with van der Waals surface area (Å²) >= 11 is 1.16. The summed E-state index contributed by atoms with van der Waals surface area (Å²) < 4.78 is 4.98. The molecule has 3 aromatic rings. The van der Waals surface area contributed by atoms with E-state index in [-0.39, 0.29) is 23.5 Å². The number of hydrogen-bond acceptors (Lipinski definition) is 7. The van der Waals surface area contributed by atoms with E-state index in [1.165, 1.54) is 24.5 Å². The predicted molar refractivity (Wildman–Crippen MR) is 96.2 cm³/mol. The van der Waals surface area contributed by atoms with E-state index in [1.807, 2.05) is 0 Å². The molecule has 0 bridgehead atoms. The Kier molecular flexibility index (Phi) is 5.47. The van der Waals surface area contributed by atoms with Gasteiger partial charge in [0, 0.05) is 5.38 Å². The van der Waals surface area contributed by atoms with Crippen LogP contribution < -0.4 is 16.2 Å². The molecular formula is C17H14N4O5S. The van der Waals surface area contributed by atoms with Crippen LogP contribution in [0, 0.1) is 0 Å². The highest BCUT2D eigenvalue weighted by molar-refractivity contribution is 7.14. The number of anilines is 1. The fraction of sp³-hybridized carbons (Fsp3) is 0.0588. The number of nitrogens with zero attached hydrogens (tertiary/aromatic N) is 1. The Morgan fingerprint density at radius 2 is 1.89 bits per heavy atom. The smallest absolute Gasteiger partial charge is 0.293 e. The van der Waals surface area contributed by atoms with Gasteiger partial charge in [-0.1, -0.05) is 12.1 Å². The van der Waals surface area contributed by atoms with Crippen LogP contribution in [-0.2, 0) is 11.2 Å². The van der Waals surface area contributed by atoms with Crippen molar-refractivity contribution in [1.82, 2.24) is 15.8 Å². The molecule has 2 aromatic heterocycles. The van der Waals surface area contributed by atoms with Gasteiger partial charge in [0.1, 0.15) is 5.75 Å². The number of nitrogens with one attached hydrogen (secondary N) is 3. The predicted octanol–water partition coefficient (Wildman–Crippen LogP) is 1.70. The molecule has 138 valence electrons. The molecule has 0 unspecified atom stereocenters. The summed E-state index contributed by atoms with van der Waals surface area (Å²) in [5.41, 5.74) is 4.91. The van der Waals surface area contributed by atoms with Crippen molar-refractivity contribution in [2.24, 2.45) is 0 Å². The Bertz CT molecular complexity index is 967. The van der Waals surface area contributed by atoms with E-state index < -0.39 is 17.7 Å². The van der Waals surface area contributed by atoms with Crippen molar-refractivity contribution in [3.05, 3.63) is 65.1 Å². The highest BCUT2D eigenvalue weighted by Gasteiger charge is 2.14. The van der Waals surface area contributed by atoms with Gasteiger partial charge in [0.25, 0.3) is 11.8 Å². The highest BCUT2D eigenvalue weighted by Crippen LogP contribution is 2.17. The summed E-state index contributed by atoms with van der Waals surface area (Å²) in [7, 11) is 0. The van der Waals surface area contributed by atoms with Gasteiger partial charge in [-0.15, -0.1) is 11.3 Å². The molecule has 9 nitrogen and oxygen atoms in total. The first-order valence-electron chi connectivity index (χ1n) is 7.69. The zero-order valence-electron chi connectivity index (χ0n) is 13.8. The summed E-state index contributed by atoms with van der Waals surface area (Å²) in [4.78, 5) is 39.8. The number of aromatic hydroxyl groups is 1. The lowest BCUT2D eigenvalue weighted by Gasteiger charge is -2.07. The van der Waals surface area contributed by atoms with Gasteiger partial charge in [0.15, 0.2) is 10.9 Å². The van der Waals surface area contributed by atoms with Gasteiger partial charge in [0.2, 0.25) is 5.91 Å². The first kappa shape index (κ1) is 18.1. The molecule has 1 aromatic carbocycles. The minimum absolute atomic E-state index is 0.0365. The molecule has 0 saturated carbocycles. The lowest BCUT2D eigenvalue weighted by atomic mass is 10.2. The minimum atomic E-state index is -0.647. The Hall–Kier alpha value is -3.66. The van der Waals surface area contributed by atoms with Crippen LogP contribution in [0.25, 0.3) is 0 Å². The lowest BCUT2D eigenvalue weighted by molar-refractivity contribution is -0.121. The van der Waals surface area contributed by atoms with Crippen LogP contribution in [0.3, 0.4) is 0 Å². The van der Waals surface area contributed by atoms with E-state index in [9.17, 15) is 19.5 Å². The number of rotatable bonds is 5. The molecule has 0 radical (unpaired) electrons. The SMILES string of the molecule is O=C(Cc1csc(NC(=O)c2ccco2)n1)NNC(=O)c1ccccc1O. The number of phenolic OH excluding ortho intramolecular Hbond substituents is 1. The van der Waals surface area contributed by atoms with Crippen molar-refractivity contribution in [3.8, 4) is 5.75 Å². The summed E-state index contributed by atoms with van der Waals surface area (Å²) in [5, 5.41) is 14.1. The maximum Gasteiger partial charge on any atom is 0.293 e. The number of hydrogen-bond donors (Lipinski definition) is 4. The molecule has 0 aliphatic rings. The maximum absolute atomic E-state index is 11.9. The number of furan rings is 1. The first-order valence-corrected chi connectivity index (χ1v) is 8.57. The molecule has 0 saturated heterocycles. The topological polar surface area (TPSA) is 134 Å². The Morgan fingerprint density at radius 1 is 1.07 bits per heavy atom. The number of carbonyl (C=O) groups excluding carboxylic acids is 3. The van der Waals surface area contributed by atoms with Gasteiger partial charge in [-0.3, -0.25) is 30.6 Å². The van der Waals surface area contributed by atoms with E-state index in [1.54, 1.807) is 23.6 Å². The van der Waals surface area contributed by atoms with Crippen LogP contribution in [0.15, 0.2) is 52.5 Å². The van der Waals surface area contributed by atoms with Crippen molar-refractivity contribution in [3.63, 3.8) is 0 Å². The van der Waals surface area contributed by atoms with Crippen LogP contribution in [-0.4, -0.2) is 27.8 Å². The van der Waals surface area contributed by atoms with Crippen molar-refractivity contribution in [1.29, 1.82) is 0 Å². The number of amides is 3. The Balaban J connectivity index is 1.50. The fourth-order valence-electron chi connectivity index (χ4n) is 2.08. The number of hydrazine groups is 1. The molecule has 0 fully saturated rings. The number of benzene rings is 1. The number of para-hydroxylation sites is 1. The van der Waals surface area contributed by atoms with Gasteiger partial charge in [-0.25, -0.2) is 4.98 Å². The van der Waals surface area contributed by atoms with Gasteiger partial charge < -0.3 is 9.52 Å². The number of aromatic nitrogens is 1. The summed E-state index contributed by atoms with van der Waals surface area (Å²) in [6, 6.07) is 9.07. The fourth-order valence-corrected chi connectivity index (χ4v) is 2.79. The number of phenols is 1. The molecule has 4 N–H and O–H groups in total. The molecule has 27 heavy (non-hydrogen) atoms. The van der Waals surface area contributed by atoms with E-state index in [2.05, 4.69) is 21.2 Å². The van der Waals surface area contributed by atoms with Crippen LogP contribution in [0.2, 0.25) is 0 Å². The number of thiazole rings is 1. The second-order valence-electron chi connectivity index (χ2n) is 5.27. The van der Waals surface area contributed by atoms with Crippen molar-refractivity contribution in [2.45, 2.75) is 6.42 Å². The third-order valence-corrected chi connectivity index (χ3v) is 4.13. The van der Waals surface area contributed by atoms with Gasteiger partial charge >= 0.3 is 0 Å². The molecule has 0 aliphatic carbocycles. The molecular weight excluding hydrogens is 372 g/mol.